The molecule has 1 N–H and O–H groups in total. The van der Waals surface area contributed by atoms with Crippen molar-refractivity contribution in [3.8, 4) is 0 Å². The molecule has 28 heavy (non-hydrogen) atoms. The SMILES string of the molecule is Cc1oc2c(c1C(=O)N1CCc3nc([C@@H]4CCCNC4)ncc3C1)CCCC2. The minimum absolute atomic E-state index is 0.107. The smallest absolute Gasteiger partial charge is 0.257 e. The lowest BCUT2D eigenvalue weighted by atomic mass is 9.93. The lowest BCUT2D eigenvalue weighted by Crippen LogP contribution is -2.37. The average molecular weight is 380 g/mol. The lowest BCUT2D eigenvalue weighted by molar-refractivity contribution is 0.0730. The van der Waals surface area contributed by atoms with Crippen LogP contribution in [-0.4, -0.2) is 40.4 Å². The van der Waals surface area contributed by atoms with Crippen LogP contribution in [0.2, 0.25) is 0 Å². The summed E-state index contributed by atoms with van der Waals surface area (Å²) in [6.07, 6.45) is 9.30. The molecule has 6 heteroatoms. The molecule has 0 spiro atoms. The highest BCUT2D eigenvalue weighted by molar-refractivity contribution is 5.97. The Morgan fingerprint density at radius 2 is 2.14 bits per heavy atom. The van der Waals surface area contributed by atoms with E-state index in [4.69, 9.17) is 9.40 Å². The summed E-state index contributed by atoms with van der Waals surface area (Å²) in [6, 6.07) is 0. The Labute approximate surface area is 165 Å². The number of nitrogens with one attached hydrogen (secondary N) is 1. The number of nitrogens with zero attached hydrogens (tertiary/aromatic N) is 3. The van der Waals surface area contributed by atoms with Crippen LogP contribution in [0.4, 0.5) is 0 Å². The molecule has 0 bridgehead atoms. The summed E-state index contributed by atoms with van der Waals surface area (Å²) < 4.78 is 5.92. The van der Waals surface area contributed by atoms with Crippen LogP contribution in [0, 0.1) is 6.92 Å². The first-order valence-electron chi connectivity index (χ1n) is 10.7. The quantitative estimate of drug-likeness (QED) is 0.867. The number of piperidine rings is 1. The molecule has 1 fully saturated rings. The molecule has 0 saturated carbocycles. The Balaban J connectivity index is 1.36. The monoisotopic (exact) mass is 380 g/mol. The van der Waals surface area contributed by atoms with Gasteiger partial charge in [-0.15, -0.1) is 0 Å². The van der Waals surface area contributed by atoms with Gasteiger partial charge >= 0.3 is 0 Å². The fraction of sp³-hybridized carbons (Fsp3) is 0.591. The van der Waals surface area contributed by atoms with Gasteiger partial charge in [0, 0.05) is 55.7 Å². The summed E-state index contributed by atoms with van der Waals surface area (Å²) >= 11 is 0. The summed E-state index contributed by atoms with van der Waals surface area (Å²) in [7, 11) is 0. The van der Waals surface area contributed by atoms with Gasteiger partial charge in [0.05, 0.1) is 11.3 Å². The maximum Gasteiger partial charge on any atom is 0.257 e. The highest BCUT2D eigenvalue weighted by Gasteiger charge is 2.31. The van der Waals surface area contributed by atoms with Crippen LogP contribution in [0.1, 0.15) is 76.1 Å². The van der Waals surface area contributed by atoms with E-state index in [1.54, 1.807) is 0 Å². The van der Waals surface area contributed by atoms with Crippen molar-refractivity contribution in [3.63, 3.8) is 0 Å². The molecule has 1 atom stereocenters. The summed E-state index contributed by atoms with van der Waals surface area (Å²) in [5.74, 6) is 3.29. The van der Waals surface area contributed by atoms with Crippen molar-refractivity contribution in [1.82, 2.24) is 20.2 Å². The Morgan fingerprint density at radius 3 is 3.00 bits per heavy atom. The van der Waals surface area contributed by atoms with E-state index in [2.05, 4.69) is 10.3 Å². The van der Waals surface area contributed by atoms with E-state index in [9.17, 15) is 4.79 Å². The van der Waals surface area contributed by atoms with Gasteiger partial charge in [-0.25, -0.2) is 9.97 Å². The first-order valence-corrected chi connectivity index (χ1v) is 10.7. The van der Waals surface area contributed by atoms with Crippen molar-refractivity contribution in [3.05, 3.63) is 45.9 Å². The highest BCUT2D eigenvalue weighted by Crippen LogP contribution is 2.31. The topological polar surface area (TPSA) is 71.3 Å². The minimum atomic E-state index is 0.107. The van der Waals surface area contributed by atoms with Crippen molar-refractivity contribution < 1.29 is 9.21 Å². The van der Waals surface area contributed by atoms with E-state index in [0.29, 0.717) is 19.0 Å². The molecule has 4 heterocycles. The first-order chi connectivity index (χ1) is 13.7. The van der Waals surface area contributed by atoms with E-state index in [-0.39, 0.29) is 5.91 Å². The zero-order valence-electron chi connectivity index (χ0n) is 16.6. The van der Waals surface area contributed by atoms with Crippen LogP contribution in [0.5, 0.6) is 0 Å². The Hall–Kier alpha value is -2.21. The molecular weight excluding hydrogens is 352 g/mol. The average Bonchev–Trinajstić information content (AvgIpc) is 3.08. The molecule has 6 nitrogen and oxygen atoms in total. The van der Waals surface area contributed by atoms with Gasteiger partial charge in [-0.2, -0.15) is 0 Å². The third kappa shape index (κ3) is 3.13. The van der Waals surface area contributed by atoms with Gasteiger partial charge in [0.25, 0.3) is 5.91 Å². The summed E-state index contributed by atoms with van der Waals surface area (Å²) in [5.41, 5.74) is 4.16. The number of carbonyl (C=O) groups is 1. The summed E-state index contributed by atoms with van der Waals surface area (Å²) in [5, 5.41) is 3.44. The van der Waals surface area contributed by atoms with Crippen molar-refractivity contribution in [2.45, 2.75) is 64.3 Å². The molecule has 2 aromatic rings. The lowest BCUT2D eigenvalue weighted by Gasteiger charge is -2.29. The van der Waals surface area contributed by atoms with Crippen LogP contribution in [-0.2, 0) is 25.8 Å². The molecule has 3 aliphatic rings. The van der Waals surface area contributed by atoms with E-state index < -0.39 is 0 Å². The van der Waals surface area contributed by atoms with E-state index >= 15 is 0 Å². The standard InChI is InChI=1S/C22H28N4O2/c1-14-20(17-6-2-3-7-19(17)28-14)22(27)26-10-8-18-16(13-26)12-24-21(25-18)15-5-4-9-23-11-15/h12,15,23H,2-11,13H2,1H3/t15-/m1/s1. The number of rotatable bonds is 2. The van der Waals surface area contributed by atoms with Crippen LogP contribution in [0.3, 0.4) is 0 Å². The van der Waals surface area contributed by atoms with Gasteiger partial charge in [-0.3, -0.25) is 4.79 Å². The number of carbonyl (C=O) groups excluding carboxylic acids is 1. The number of aryl methyl sites for hydroxylation is 2. The van der Waals surface area contributed by atoms with E-state index in [1.165, 1.54) is 6.42 Å². The molecule has 148 valence electrons. The Bertz CT molecular complexity index is 898. The zero-order valence-corrected chi connectivity index (χ0v) is 16.6. The number of fused-ring (bicyclic) bond motifs is 2. The summed E-state index contributed by atoms with van der Waals surface area (Å²) in [4.78, 5) is 24.8. The summed E-state index contributed by atoms with van der Waals surface area (Å²) in [6.45, 7) is 5.29. The molecule has 2 aromatic heterocycles. The fourth-order valence-electron chi connectivity index (χ4n) is 4.91. The van der Waals surface area contributed by atoms with Crippen molar-refractivity contribution in [2.75, 3.05) is 19.6 Å². The zero-order chi connectivity index (χ0) is 19.1. The molecular formula is C22H28N4O2. The minimum Gasteiger partial charge on any atom is -0.465 e. The second kappa shape index (κ2) is 7.32. The van der Waals surface area contributed by atoms with Gasteiger partial charge in [0.1, 0.15) is 17.3 Å². The van der Waals surface area contributed by atoms with E-state index in [0.717, 1.165) is 91.3 Å². The molecule has 0 unspecified atom stereocenters. The molecule has 0 aromatic carbocycles. The molecule has 1 saturated heterocycles. The molecule has 1 aliphatic carbocycles. The molecule has 1 amide bonds. The highest BCUT2D eigenvalue weighted by atomic mass is 16.3. The van der Waals surface area contributed by atoms with Crippen molar-refractivity contribution in [2.24, 2.45) is 0 Å². The largest absolute Gasteiger partial charge is 0.465 e. The van der Waals surface area contributed by atoms with Gasteiger partial charge < -0.3 is 14.6 Å². The second-order valence-corrected chi connectivity index (χ2v) is 8.36. The number of aromatic nitrogens is 2. The van der Waals surface area contributed by atoms with Crippen LogP contribution < -0.4 is 5.32 Å². The van der Waals surface area contributed by atoms with Crippen LogP contribution >= 0.6 is 0 Å². The predicted octanol–water partition coefficient (Wildman–Crippen LogP) is 2.92. The molecule has 0 radical (unpaired) electrons. The van der Waals surface area contributed by atoms with Crippen LogP contribution in [0.15, 0.2) is 10.6 Å². The van der Waals surface area contributed by atoms with Gasteiger partial charge in [0.2, 0.25) is 0 Å². The van der Waals surface area contributed by atoms with Gasteiger partial charge in [-0.05, 0) is 45.6 Å². The van der Waals surface area contributed by atoms with Crippen molar-refractivity contribution in [1.29, 1.82) is 0 Å². The predicted molar refractivity (Wildman–Crippen MR) is 105 cm³/mol. The normalized spacial score (nSPS) is 21.9. The number of hydrogen-bond donors (Lipinski definition) is 1. The second-order valence-electron chi connectivity index (χ2n) is 8.36. The molecule has 5 rings (SSSR count). The third-order valence-electron chi connectivity index (χ3n) is 6.46. The third-order valence-corrected chi connectivity index (χ3v) is 6.46. The van der Waals surface area contributed by atoms with Crippen molar-refractivity contribution >= 4 is 5.91 Å². The fourth-order valence-corrected chi connectivity index (χ4v) is 4.91. The maximum atomic E-state index is 13.3. The Morgan fingerprint density at radius 1 is 1.25 bits per heavy atom. The van der Waals surface area contributed by atoms with Gasteiger partial charge in [0.15, 0.2) is 0 Å². The number of amides is 1. The molecule has 2 aliphatic heterocycles. The first kappa shape index (κ1) is 17.9. The number of hydrogen-bond acceptors (Lipinski definition) is 5. The number of furan rings is 1. The maximum absolute atomic E-state index is 13.3. The Kier molecular flexibility index (Phi) is 4.67. The van der Waals surface area contributed by atoms with E-state index in [1.807, 2.05) is 18.0 Å². The van der Waals surface area contributed by atoms with Crippen LogP contribution in [0.25, 0.3) is 0 Å². The van der Waals surface area contributed by atoms with Gasteiger partial charge in [-0.1, -0.05) is 0 Å².